The molecule has 0 saturated carbocycles. The van der Waals surface area contributed by atoms with Gasteiger partial charge < -0.3 is 10.2 Å². The standard InChI is InChI=1S/C27H38FN3O4S/c1-7-25(27(33)29-16-19(2)3)30(17-21-8-12-23(28)13-9-21)26(32)18-31(36(6,34)35)24-14-10-22(11-15-24)20(4)5/h8-15,19-20,25H,7,16-18H2,1-6H3,(H,29,33)/t25-/m0/s1. The Morgan fingerprint density at radius 2 is 1.56 bits per heavy atom. The van der Waals surface area contributed by atoms with Crippen LogP contribution in [0.2, 0.25) is 0 Å². The van der Waals surface area contributed by atoms with Crippen molar-refractivity contribution in [1.29, 1.82) is 0 Å². The lowest BCUT2D eigenvalue weighted by Gasteiger charge is -2.33. The van der Waals surface area contributed by atoms with Crippen LogP contribution >= 0.6 is 0 Å². The summed E-state index contributed by atoms with van der Waals surface area (Å²) in [7, 11) is -3.80. The zero-order valence-electron chi connectivity index (χ0n) is 22.0. The maximum Gasteiger partial charge on any atom is 0.244 e. The Labute approximate surface area is 214 Å². The average Bonchev–Trinajstić information content (AvgIpc) is 2.81. The predicted octanol–water partition coefficient (Wildman–Crippen LogP) is 4.29. The predicted molar refractivity (Wildman–Crippen MR) is 142 cm³/mol. The van der Waals surface area contributed by atoms with E-state index in [1.165, 1.54) is 17.0 Å². The Morgan fingerprint density at radius 3 is 2.03 bits per heavy atom. The van der Waals surface area contributed by atoms with Crippen molar-refractivity contribution in [1.82, 2.24) is 10.2 Å². The molecule has 198 valence electrons. The normalized spacial score (nSPS) is 12.5. The third-order valence-corrected chi connectivity index (χ3v) is 7.00. The third kappa shape index (κ3) is 8.33. The summed E-state index contributed by atoms with van der Waals surface area (Å²) in [5.41, 5.74) is 2.05. The van der Waals surface area contributed by atoms with Gasteiger partial charge in [-0.15, -0.1) is 0 Å². The molecule has 2 rings (SSSR count). The molecule has 2 amide bonds. The van der Waals surface area contributed by atoms with Gasteiger partial charge >= 0.3 is 0 Å². The third-order valence-electron chi connectivity index (χ3n) is 5.86. The fraction of sp³-hybridized carbons (Fsp3) is 0.481. The minimum atomic E-state index is -3.80. The second kappa shape index (κ2) is 12.9. The van der Waals surface area contributed by atoms with Crippen molar-refractivity contribution >= 4 is 27.5 Å². The van der Waals surface area contributed by atoms with Gasteiger partial charge in [-0.25, -0.2) is 12.8 Å². The SMILES string of the molecule is CC[C@@H](C(=O)NCC(C)C)N(Cc1ccc(F)cc1)C(=O)CN(c1ccc(C(C)C)cc1)S(C)(=O)=O. The summed E-state index contributed by atoms with van der Waals surface area (Å²) >= 11 is 0. The summed E-state index contributed by atoms with van der Waals surface area (Å²) in [5.74, 6) is -0.750. The number of carbonyl (C=O) groups is 2. The van der Waals surface area contributed by atoms with Crippen molar-refractivity contribution in [3.8, 4) is 0 Å². The number of amides is 2. The monoisotopic (exact) mass is 519 g/mol. The highest BCUT2D eigenvalue weighted by Crippen LogP contribution is 2.23. The first-order valence-corrected chi connectivity index (χ1v) is 14.1. The number of halogens is 1. The Hall–Kier alpha value is -2.94. The Balaban J connectivity index is 2.41. The second-order valence-electron chi connectivity index (χ2n) is 9.73. The van der Waals surface area contributed by atoms with E-state index in [4.69, 9.17) is 0 Å². The Bertz CT molecular complexity index is 1120. The van der Waals surface area contributed by atoms with Gasteiger partial charge in [0.05, 0.1) is 11.9 Å². The smallest absolute Gasteiger partial charge is 0.244 e. The summed E-state index contributed by atoms with van der Waals surface area (Å²) in [6, 6.07) is 11.9. The van der Waals surface area contributed by atoms with Crippen molar-refractivity contribution in [2.75, 3.05) is 23.7 Å². The first-order valence-electron chi connectivity index (χ1n) is 12.2. The Kier molecular flexibility index (Phi) is 10.5. The van der Waals surface area contributed by atoms with Crippen LogP contribution in [-0.4, -0.2) is 50.5 Å². The van der Waals surface area contributed by atoms with E-state index < -0.39 is 34.3 Å². The van der Waals surface area contributed by atoms with Crippen LogP contribution in [-0.2, 0) is 26.2 Å². The van der Waals surface area contributed by atoms with E-state index in [0.29, 0.717) is 24.2 Å². The van der Waals surface area contributed by atoms with Crippen LogP contribution in [0, 0.1) is 11.7 Å². The molecule has 0 spiro atoms. The number of hydrogen-bond donors (Lipinski definition) is 1. The number of nitrogens with zero attached hydrogens (tertiary/aromatic N) is 2. The number of sulfonamides is 1. The number of rotatable bonds is 12. The number of hydrogen-bond acceptors (Lipinski definition) is 4. The van der Waals surface area contributed by atoms with E-state index >= 15 is 0 Å². The van der Waals surface area contributed by atoms with Crippen molar-refractivity contribution in [3.63, 3.8) is 0 Å². The zero-order valence-corrected chi connectivity index (χ0v) is 22.8. The molecule has 2 aromatic carbocycles. The first kappa shape index (κ1) is 29.3. The van der Waals surface area contributed by atoms with E-state index in [2.05, 4.69) is 5.32 Å². The summed E-state index contributed by atoms with van der Waals surface area (Å²) in [6.45, 7) is 9.83. The van der Waals surface area contributed by atoms with Crippen LogP contribution in [0.4, 0.5) is 10.1 Å². The molecule has 1 N–H and O–H groups in total. The van der Waals surface area contributed by atoms with Crippen LogP contribution in [0.3, 0.4) is 0 Å². The molecule has 0 aliphatic carbocycles. The van der Waals surface area contributed by atoms with Crippen molar-refractivity contribution in [2.24, 2.45) is 5.92 Å². The number of benzene rings is 2. The number of anilines is 1. The molecule has 2 aromatic rings. The lowest BCUT2D eigenvalue weighted by atomic mass is 10.0. The highest BCUT2D eigenvalue weighted by Gasteiger charge is 2.31. The molecule has 0 aliphatic heterocycles. The molecule has 0 aliphatic rings. The van der Waals surface area contributed by atoms with Crippen LogP contribution in [0.5, 0.6) is 0 Å². The largest absolute Gasteiger partial charge is 0.354 e. The molecular formula is C27H38FN3O4S. The molecule has 0 saturated heterocycles. The number of nitrogens with one attached hydrogen (secondary N) is 1. The lowest BCUT2D eigenvalue weighted by molar-refractivity contribution is -0.140. The number of carbonyl (C=O) groups excluding carboxylic acids is 2. The van der Waals surface area contributed by atoms with Gasteiger partial charge in [0.1, 0.15) is 18.4 Å². The molecule has 0 heterocycles. The van der Waals surface area contributed by atoms with Gasteiger partial charge in [0.2, 0.25) is 21.8 Å². The molecule has 9 heteroatoms. The van der Waals surface area contributed by atoms with Crippen molar-refractivity contribution < 1.29 is 22.4 Å². The average molecular weight is 520 g/mol. The topological polar surface area (TPSA) is 86.8 Å². The molecule has 36 heavy (non-hydrogen) atoms. The highest BCUT2D eigenvalue weighted by atomic mass is 32.2. The molecule has 0 unspecified atom stereocenters. The van der Waals surface area contributed by atoms with Gasteiger partial charge in [0.25, 0.3) is 0 Å². The second-order valence-corrected chi connectivity index (χ2v) is 11.6. The fourth-order valence-corrected chi connectivity index (χ4v) is 4.62. The summed E-state index contributed by atoms with van der Waals surface area (Å²) in [6.07, 6.45) is 1.38. The van der Waals surface area contributed by atoms with Crippen LogP contribution < -0.4 is 9.62 Å². The summed E-state index contributed by atoms with van der Waals surface area (Å²) < 4.78 is 39.9. The van der Waals surface area contributed by atoms with E-state index in [1.807, 2.05) is 39.8 Å². The van der Waals surface area contributed by atoms with Crippen LogP contribution in [0.15, 0.2) is 48.5 Å². The Morgan fingerprint density at radius 1 is 0.972 bits per heavy atom. The van der Waals surface area contributed by atoms with Gasteiger partial charge in [0, 0.05) is 13.1 Å². The van der Waals surface area contributed by atoms with Crippen LogP contribution in [0.1, 0.15) is 58.1 Å². The minimum Gasteiger partial charge on any atom is -0.354 e. The van der Waals surface area contributed by atoms with E-state index in [-0.39, 0.29) is 24.3 Å². The van der Waals surface area contributed by atoms with E-state index in [1.54, 1.807) is 31.2 Å². The summed E-state index contributed by atoms with van der Waals surface area (Å²) in [5, 5.41) is 2.87. The first-order chi connectivity index (χ1) is 16.8. The molecule has 0 radical (unpaired) electrons. The van der Waals surface area contributed by atoms with Crippen molar-refractivity contribution in [3.05, 3.63) is 65.5 Å². The maximum absolute atomic E-state index is 13.6. The fourth-order valence-electron chi connectivity index (χ4n) is 3.77. The highest BCUT2D eigenvalue weighted by molar-refractivity contribution is 7.92. The maximum atomic E-state index is 13.6. The van der Waals surface area contributed by atoms with Gasteiger partial charge in [-0.3, -0.25) is 13.9 Å². The molecule has 0 aromatic heterocycles. The van der Waals surface area contributed by atoms with E-state index in [0.717, 1.165) is 16.1 Å². The van der Waals surface area contributed by atoms with Gasteiger partial charge in [-0.2, -0.15) is 0 Å². The molecule has 0 fully saturated rings. The molecular weight excluding hydrogens is 481 g/mol. The van der Waals surface area contributed by atoms with Crippen molar-refractivity contribution in [2.45, 2.75) is 59.5 Å². The molecule has 1 atom stereocenters. The zero-order chi connectivity index (χ0) is 27.0. The van der Waals surface area contributed by atoms with Gasteiger partial charge in [0.15, 0.2) is 0 Å². The lowest BCUT2D eigenvalue weighted by Crippen LogP contribution is -2.52. The molecule has 0 bridgehead atoms. The van der Waals surface area contributed by atoms with Crippen LogP contribution in [0.25, 0.3) is 0 Å². The summed E-state index contributed by atoms with van der Waals surface area (Å²) in [4.78, 5) is 28.0. The molecule has 7 nitrogen and oxygen atoms in total. The van der Waals surface area contributed by atoms with Gasteiger partial charge in [-0.05, 0) is 53.6 Å². The van der Waals surface area contributed by atoms with Gasteiger partial charge in [-0.1, -0.05) is 58.9 Å². The minimum absolute atomic E-state index is 0.0383. The quantitative estimate of drug-likeness (QED) is 0.453. The van der Waals surface area contributed by atoms with E-state index in [9.17, 15) is 22.4 Å².